The Morgan fingerprint density at radius 3 is 2.23 bits per heavy atom. The lowest BCUT2D eigenvalue weighted by Gasteiger charge is -2.26. The lowest BCUT2D eigenvalue weighted by atomic mass is 9.96. The number of aliphatic hydroxyl groups excluding tert-OH is 1. The molecule has 0 saturated heterocycles. The molecule has 0 aromatic rings. The molecular weight excluding hydrogens is 162 g/mol. The van der Waals surface area contributed by atoms with Gasteiger partial charge in [-0.3, -0.25) is 0 Å². The summed E-state index contributed by atoms with van der Waals surface area (Å²) in [5.74, 6) is 0.573. The van der Waals surface area contributed by atoms with E-state index in [1.165, 1.54) is 12.8 Å². The van der Waals surface area contributed by atoms with Gasteiger partial charge in [0, 0.05) is 12.1 Å². The Morgan fingerprint density at radius 2 is 1.85 bits per heavy atom. The lowest BCUT2D eigenvalue weighted by Crippen LogP contribution is -2.43. The molecule has 0 aliphatic carbocycles. The van der Waals surface area contributed by atoms with Crippen molar-refractivity contribution in [2.45, 2.75) is 59.0 Å². The molecule has 0 aliphatic heterocycles. The third-order valence-corrected chi connectivity index (χ3v) is 2.74. The van der Waals surface area contributed by atoms with Crippen LogP contribution in [0.1, 0.15) is 47.0 Å². The Bertz CT molecular complexity index is 117. The van der Waals surface area contributed by atoms with E-state index < -0.39 is 0 Å². The highest BCUT2D eigenvalue weighted by Crippen LogP contribution is 2.11. The van der Waals surface area contributed by atoms with Crippen molar-refractivity contribution >= 4 is 0 Å². The molecule has 0 radical (unpaired) electrons. The van der Waals surface area contributed by atoms with Crippen LogP contribution in [0, 0.1) is 5.92 Å². The smallest absolute Gasteiger partial charge is 0.0587 e. The van der Waals surface area contributed by atoms with Crippen LogP contribution in [0.3, 0.4) is 0 Å². The van der Waals surface area contributed by atoms with Crippen molar-refractivity contribution in [3.63, 3.8) is 0 Å². The summed E-state index contributed by atoms with van der Waals surface area (Å²) in [6.07, 6.45) is 3.50. The molecule has 2 nitrogen and oxygen atoms in total. The van der Waals surface area contributed by atoms with E-state index in [0.717, 1.165) is 6.42 Å². The van der Waals surface area contributed by atoms with E-state index >= 15 is 0 Å². The average Bonchev–Trinajstić information content (AvgIpc) is 2.14. The normalized spacial score (nSPS) is 18.2. The summed E-state index contributed by atoms with van der Waals surface area (Å²) in [5, 5.41) is 12.7. The lowest BCUT2D eigenvalue weighted by molar-refractivity contribution is 0.188. The van der Waals surface area contributed by atoms with Crippen LogP contribution in [0.2, 0.25) is 0 Å². The highest BCUT2D eigenvalue weighted by atomic mass is 16.3. The predicted octanol–water partition coefficient (Wildman–Crippen LogP) is 2.17. The van der Waals surface area contributed by atoms with E-state index in [9.17, 15) is 5.11 Å². The van der Waals surface area contributed by atoms with Crippen LogP contribution in [0.15, 0.2) is 0 Å². The number of rotatable bonds is 7. The molecule has 3 atom stereocenters. The average molecular weight is 187 g/mol. The molecule has 2 heteroatoms. The van der Waals surface area contributed by atoms with E-state index in [0.29, 0.717) is 12.0 Å². The maximum Gasteiger partial charge on any atom is 0.0587 e. The van der Waals surface area contributed by atoms with Crippen molar-refractivity contribution < 1.29 is 5.11 Å². The first-order chi connectivity index (χ1) is 6.15. The molecule has 13 heavy (non-hydrogen) atoms. The molecule has 0 rings (SSSR count). The molecule has 0 aromatic carbocycles. The Kier molecular flexibility index (Phi) is 7.29. The van der Waals surface area contributed by atoms with Crippen LogP contribution >= 0.6 is 0 Å². The SMILES string of the molecule is CCCC(C)C(CO)NC(C)CC. The highest BCUT2D eigenvalue weighted by Gasteiger charge is 2.16. The first-order valence-corrected chi connectivity index (χ1v) is 5.52. The van der Waals surface area contributed by atoms with E-state index in [1.54, 1.807) is 0 Å². The van der Waals surface area contributed by atoms with Crippen LogP contribution in [0.4, 0.5) is 0 Å². The summed E-state index contributed by atoms with van der Waals surface area (Å²) in [6, 6.07) is 0.784. The Balaban J connectivity index is 3.86. The molecule has 0 aromatic heterocycles. The van der Waals surface area contributed by atoms with Gasteiger partial charge in [-0.25, -0.2) is 0 Å². The third-order valence-electron chi connectivity index (χ3n) is 2.74. The molecule has 3 unspecified atom stereocenters. The molecule has 2 N–H and O–H groups in total. The maximum absolute atomic E-state index is 9.20. The molecule has 0 bridgehead atoms. The zero-order chi connectivity index (χ0) is 10.3. The molecule has 0 saturated carbocycles. The van der Waals surface area contributed by atoms with Gasteiger partial charge in [-0.1, -0.05) is 27.2 Å². The highest BCUT2D eigenvalue weighted by molar-refractivity contribution is 4.75. The Morgan fingerprint density at radius 1 is 1.23 bits per heavy atom. The molecule has 0 fully saturated rings. The first-order valence-electron chi connectivity index (χ1n) is 5.52. The van der Waals surface area contributed by atoms with E-state index in [2.05, 4.69) is 33.0 Å². The fraction of sp³-hybridized carbons (Fsp3) is 1.00. The van der Waals surface area contributed by atoms with Crippen molar-refractivity contribution in [3.05, 3.63) is 0 Å². The zero-order valence-electron chi connectivity index (χ0n) is 9.51. The molecular formula is C11H25NO. The summed E-state index contributed by atoms with van der Waals surface area (Å²) >= 11 is 0. The number of hydrogen-bond acceptors (Lipinski definition) is 2. The van der Waals surface area contributed by atoms with Gasteiger partial charge in [0.05, 0.1) is 6.61 Å². The van der Waals surface area contributed by atoms with Crippen molar-refractivity contribution in [1.82, 2.24) is 5.32 Å². The van der Waals surface area contributed by atoms with Gasteiger partial charge in [0.2, 0.25) is 0 Å². The fourth-order valence-corrected chi connectivity index (χ4v) is 1.54. The number of aliphatic hydroxyl groups is 1. The van der Waals surface area contributed by atoms with Gasteiger partial charge >= 0.3 is 0 Å². The summed E-state index contributed by atoms with van der Waals surface area (Å²) in [4.78, 5) is 0. The number of nitrogens with one attached hydrogen (secondary N) is 1. The van der Waals surface area contributed by atoms with Crippen LogP contribution in [-0.2, 0) is 0 Å². The van der Waals surface area contributed by atoms with Gasteiger partial charge in [0.15, 0.2) is 0 Å². The Hall–Kier alpha value is -0.0800. The third kappa shape index (κ3) is 5.27. The molecule has 0 heterocycles. The van der Waals surface area contributed by atoms with Crippen LogP contribution in [0.5, 0.6) is 0 Å². The quantitative estimate of drug-likeness (QED) is 0.640. The van der Waals surface area contributed by atoms with Gasteiger partial charge in [-0.15, -0.1) is 0 Å². The maximum atomic E-state index is 9.20. The van der Waals surface area contributed by atoms with Crippen molar-refractivity contribution in [3.8, 4) is 0 Å². The Labute approximate surface area is 82.7 Å². The predicted molar refractivity (Wildman–Crippen MR) is 57.8 cm³/mol. The van der Waals surface area contributed by atoms with Gasteiger partial charge in [0.1, 0.15) is 0 Å². The van der Waals surface area contributed by atoms with Crippen molar-refractivity contribution in [2.75, 3.05) is 6.61 Å². The van der Waals surface area contributed by atoms with Crippen molar-refractivity contribution in [2.24, 2.45) is 5.92 Å². The largest absolute Gasteiger partial charge is 0.395 e. The van der Waals surface area contributed by atoms with Gasteiger partial charge in [-0.2, -0.15) is 0 Å². The van der Waals surface area contributed by atoms with Crippen LogP contribution in [-0.4, -0.2) is 23.8 Å². The minimum atomic E-state index is 0.255. The van der Waals surface area contributed by atoms with Crippen LogP contribution < -0.4 is 5.32 Å². The molecule has 0 amide bonds. The molecule has 80 valence electrons. The minimum Gasteiger partial charge on any atom is -0.395 e. The first kappa shape index (κ1) is 12.9. The van der Waals surface area contributed by atoms with Gasteiger partial charge < -0.3 is 10.4 Å². The fourth-order valence-electron chi connectivity index (χ4n) is 1.54. The summed E-state index contributed by atoms with van der Waals surface area (Å²) in [7, 11) is 0. The summed E-state index contributed by atoms with van der Waals surface area (Å²) in [6.45, 7) is 8.98. The van der Waals surface area contributed by atoms with Gasteiger partial charge in [0.25, 0.3) is 0 Å². The summed E-state index contributed by atoms with van der Waals surface area (Å²) in [5.41, 5.74) is 0. The van der Waals surface area contributed by atoms with Gasteiger partial charge in [-0.05, 0) is 25.7 Å². The molecule has 0 spiro atoms. The molecule has 0 aliphatic rings. The monoisotopic (exact) mass is 187 g/mol. The number of hydrogen-bond donors (Lipinski definition) is 2. The van der Waals surface area contributed by atoms with E-state index in [1.807, 2.05) is 0 Å². The van der Waals surface area contributed by atoms with Crippen LogP contribution in [0.25, 0.3) is 0 Å². The van der Waals surface area contributed by atoms with Crippen molar-refractivity contribution in [1.29, 1.82) is 0 Å². The second-order valence-electron chi connectivity index (χ2n) is 4.03. The summed E-state index contributed by atoms with van der Waals surface area (Å²) < 4.78 is 0. The zero-order valence-corrected chi connectivity index (χ0v) is 9.51. The van der Waals surface area contributed by atoms with E-state index in [4.69, 9.17) is 0 Å². The van der Waals surface area contributed by atoms with E-state index in [-0.39, 0.29) is 12.6 Å². The second kappa shape index (κ2) is 7.34. The second-order valence-corrected chi connectivity index (χ2v) is 4.03. The minimum absolute atomic E-state index is 0.255. The topological polar surface area (TPSA) is 32.3 Å². The standard InChI is InChI=1S/C11H25NO/c1-5-7-9(3)11(8-13)12-10(4)6-2/h9-13H,5-8H2,1-4H3.